The molecule has 96 valence electrons. The smallest absolute Gasteiger partial charge is 0.410 e. The van der Waals surface area contributed by atoms with Crippen molar-refractivity contribution in [3.05, 3.63) is 12.3 Å². The number of ether oxygens (including phenoxy) is 1. The number of fused-ring (bicyclic) bond motifs is 2. The largest absolute Gasteiger partial charge is 0.444 e. The highest BCUT2D eigenvalue weighted by Crippen LogP contribution is 2.26. The van der Waals surface area contributed by atoms with Gasteiger partial charge in [-0.2, -0.15) is 0 Å². The van der Waals surface area contributed by atoms with Crippen LogP contribution in [-0.4, -0.2) is 47.7 Å². The molecule has 0 N–H and O–H groups in total. The van der Waals surface area contributed by atoms with E-state index in [0.29, 0.717) is 12.5 Å². The zero-order valence-corrected chi connectivity index (χ0v) is 11.0. The summed E-state index contributed by atoms with van der Waals surface area (Å²) in [7, 11) is 0. The summed E-state index contributed by atoms with van der Waals surface area (Å²) in [6.45, 7) is 13.3. The van der Waals surface area contributed by atoms with Crippen LogP contribution in [0.4, 0.5) is 4.79 Å². The molecule has 2 heterocycles. The number of carbonyl (C=O) groups excluding carboxylic acids is 1. The summed E-state index contributed by atoms with van der Waals surface area (Å²) >= 11 is 0. The Morgan fingerprint density at radius 2 is 2.12 bits per heavy atom. The van der Waals surface area contributed by atoms with Gasteiger partial charge in [0.1, 0.15) is 5.60 Å². The monoisotopic (exact) mass is 238 g/mol. The van der Waals surface area contributed by atoms with Crippen LogP contribution < -0.4 is 0 Å². The molecule has 1 unspecified atom stereocenters. The lowest BCUT2D eigenvalue weighted by molar-refractivity contribution is 0.0245. The minimum Gasteiger partial charge on any atom is -0.444 e. The Bertz CT molecular complexity index is 333. The first-order valence-electron chi connectivity index (χ1n) is 6.26. The van der Waals surface area contributed by atoms with Gasteiger partial charge in [-0.05, 0) is 33.1 Å². The molecule has 4 nitrogen and oxygen atoms in total. The van der Waals surface area contributed by atoms with E-state index in [-0.39, 0.29) is 6.09 Å². The first kappa shape index (κ1) is 12.3. The molecule has 1 amide bonds. The average Bonchev–Trinajstić information content (AvgIpc) is 2.54. The molecule has 0 aromatic carbocycles. The number of nitrogens with zero attached hydrogens (tertiary/aromatic N) is 2. The highest BCUT2D eigenvalue weighted by molar-refractivity contribution is 5.68. The van der Waals surface area contributed by atoms with Gasteiger partial charge >= 0.3 is 6.09 Å². The van der Waals surface area contributed by atoms with Crippen LogP contribution in [0.1, 0.15) is 27.2 Å². The second kappa shape index (κ2) is 4.24. The number of carbonyl (C=O) groups is 1. The summed E-state index contributed by atoms with van der Waals surface area (Å²) in [4.78, 5) is 16.1. The molecule has 2 aliphatic heterocycles. The fourth-order valence-corrected chi connectivity index (χ4v) is 2.43. The first-order chi connectivity index (χ1) is 7.85. The number of rotatable bonds is 0. The molecule has 0 aromatic rings. The van der Waals surface area contributed by atoms with Crippen LogP contribution in [0, 0.1) is 5.92 Å². The van der Waals surface area contributed by atoms with Crippen molar-refractivity contribution >= 4 is 6.09 Å². The summed E-state index contributed by atoms with van der Waals surface area (Å²) in [6, 6.07) is 0. The second-order valence-electron chi connectivity index (χ2n) is 6.03. The summed E-state index contributed by atoms with van der Waals surface area (Å²) in [6.07, 6.45) is 0.936. The van der Waals surface area contributed by atoms with E-state index in [1.807, 2.05) is 20.8 Å². The van der Waals surface area contributed by atoms with Crippen molar-refractivity contribution in [2.24, 2.45) is 5.92 Å². The van der Waals surface area contributed by atoms with Gasteiger partial charge < -0.3 is 14.5 Å². The molecule has 1 atom stereocenters. The molecule has 0 aromatic heterocycles. The lowest BCUT2D eigenvalue weighted by Crippen LogP contribution is -2.40. The zero-order chi connectivity index (χ0) is 12.6. The molecular formula is C13H22N2O2. The molecule has 0 spiro atoms. The minimum atomic E-state index is -0.427. The Balaban J connectivity index is 2.02. The van der Waals surface area contributed by atoms with Gasteiger partial charge in [0, 0.05) is 25.3 Å². The van der Waals surface area contributed by atoms with Gasteiger partial charge in [0.2, 0.25) is 0 Å². The number of amides is 1. The molecule has 0 aliphatic carbocycles. The van der Waals surface area contributed by atoms with Gasteiger partial charge in [-0.25, -0.2) is 4.79 Å². The van der Waals surface area contributed by atoms with Crippen molar-refractivity contribution in [2.75, 3.05) is 26.2 Å². The van der Waals surface area contributed by atoms with Gasteiger partial charge in [-0.1, -0.05) is 6.58 Å². The Kier molecular flexibility index (Phi) is 3.06. The summed E-state index contributed by atoms with van der Waals surface area (Å²) < 4.78 is 5.42. The third kappa shape index (κ3) is 2.93. The molecule has 17 heavy (non-hydrogen) atoms. The fraction of sp³-hybridized carbons (Fsp3) is 0.769. The van der Waals surface area contributed by atoms with Crippen LogP contribution >= 0.6 is 0 Å². The summed E-state index contributed by atoms with van der Waals surface area (Å²) in [5.41, 5.74) is 0.611. The molecule has 4 heteroatoms. The van der Waals surface area contributed by atoms with Crippen LogP contribution in [-0.2, 0) is 4.74 Å². The van der Waals surface area contributed by atoms with E-state index in [1.54, 1.807) is 4.90 Å². The third-order valence-electron chi connectivity index (χ3n) is 3.24. The maximum atomic E-state index is 12.0. The van der Waals surface area contributed by atoms with Gasteiger partial charge in [0.05, 0.1) is 6.54 Å². The predicted octanol–water partition coefficient (Wildman–Crippen LogP) is 2.07. The van der Waals surface area contributed by atoms with Crippen LogP contribution in [0.25, 0.3) is 0 Å². The van der Waals surface area contributed by atoms with Crippen molar-refractivity contribution in [1.29, 1.82) is 0 Å². The first-order valence-corrected chi connectivity index (χ1v) is 6.26. The Morgan fingerprint density at radius 3 is 2.76 bits per heavy atom. The fourth-order valence-electron chi connectivity index (χ4n) is 2.43. The Morgan fingerprint density at radius 1 is 1.41 bits per heavy atom. The zero-order valence-electron chi connectivity index (χ0n) is 11.0. The summed E-state index contributed by atoms with van der Waals surface area (Å²) in [5, 5.41) is 0. The van der Waals surface area contributed by atoms with Crippen LogP contribution in [0.15, 0.2) is 12.3 Å². The molecule has 2 rings (SSSR count). The molecular weight excluding hydrogens is 216 g/mol. The van der Waals surface area contributed by atoms with Crippen molar-refractivity contribution < 1.29 is 9.53 Å². The lowest BCUT2D eigenvalue weighted by Gasteiger charge is -2.29. The van der Waals surface area contributed by atoms with E-state index in [9.17, 15) is 4.79 Å². The maximum Gasteiger partial charge on any atom is 0.410 e. The van der Waals surface area contributed by atoms with E-state index in [2.05, 4.69) is 11.5 Å². The van der Waals surface area contributed by atoms with Crippen molar-refractivity contribution in [3.8, 4) is 0 Å². The van der Waals surface area contributed by atoms with Gasteiger partial charge in [-0.3, -0.25) is 0 Å². The normalized spacial score (nSPS) is 24.9. The highest BCUT2D eigenvalue weighted by atomic mass is 16.6. The molecule has 2 saturated heterocycles. The van der Waals surface area contributed by atoms with E-state index >= 15 is 0 Å². The van der Waals surface area contributed by atoms with Crippen molar-refractivity contribution in [1.82, 2.24) is 9.80 Å². The second-order valence-corrected chi connectivity index (χ2v) is 6.03. The summed E-state index contributed by atoms with van der Waals surface area (Å²) in [5.74, 6) is 0.571. The Hall–Kier alpha value is -1.19. The quantitative estimate of drug-likeness (QED) is 0.647. The van der Waals surface area contributed by atoms with E-state index in [1.165, 1.54) is 0 Å². The van der Waals surface area contributed by atoms with E-state index in [4.69, 9.17) is 4.74 Å². The predicted molar refractivity (Wildman–Crippen MR) is 66.6 cm³/mol. The van der Waals surface area contributed by atoms with Gasteiger partial charge in [-0.15, -0.1) is 0 Å². The van der Waals surface area contributed by atoms with Crippen molar-refractivity contribution in [3.63, 3.8) is 0 Å². The molecule has 2 fully saturated rings. The molecule has 0 saturated carbocycles. The molecule has 2 bridgehead atoms. The van der Waals surface area contributed by atoms with Crippen LogP contribution in [0.5, 0.6) is 0 Å². The standard InChI is InChI=1S/C13H22N2O2/c1-10-7-15(12(16)17-13(2,3)4)9-11-5-6-14(10)8-11/h11H,1,5-9H2,2-4H3. The highest BCUT2D eigenvalue weighted by Gasteiger charge is 2.33. The van der Waals surface area contributed by atoms with Crippen LogP contribution in [0.3, 0.4) is 0 Å². The van der Waals surface area contributed by atoms with Crippen molar-refractivity contribution in [2.45, 2.75) is 32.8 Å². The number of hydrogen-bond donors (Lipinski definition) is 0. The van der Waals surface area contributed by atoms with Gasteiger partial charge in [0.25, 0.3) is 0 Å². The third-order valence-corrected chi connectivity index (χ3v) is 3.24. The topological polar surface area (TPSA) is 32.8 Å². The SMILES string of the molecule is C=C1CN(C(=O)OC(C)(C)C)CC2CCN1C2. The lowest BCUT2D eigenvalue weighted by atomic mass is 10.1. The Labute approximate surface area is 103 Å². The van der Waals surface area contributed by atoms with Gasteiger partial charge in [0.15, 0.2) is 0 Å². The number of hydrogen-bond acceptors (Lipinski definition) is 3. The maximum absolute atomic E-state index is 12.0. The van der Waals surface area contributed by atoms with E-state index < -0.39 is 5.60 Å². The molecule has 0 radical (unpaired) electrons. The van der Waals surface area contributed by atoms with E-state index in [0.717, 1.165) is 31.8 Å². The molecule has 2 aliphatic rings. The minimum absolute atomic E-state index is 0.215. The van der Waals surface area contributed by atoms with Crippen LogP contribution in [0.2, 0.25) is 0 Å². The average molecular weight is 238 g/mol.